The molecule has 4 aliphatic heterocycles. The van der Waals surface area contributed by atoms with E-state index in [0.29, 0.717) is 94.4 Å². The standard InChI is InChI=1S/C64H52N8O8/c1-37-45-21-47-38(2)49-23-51-40(4)52-24-50-39(3)48-22-46(37)58-54(30-70-15-7-42(26-66)8-16-70)60(48)76-35-78-62(50)56(32-72-19-11-44(28-68)12-20-72)64(52)80-36-79-63(51)55(31-71-17-9-43(27-67)10-18-71)61(49)77-34-75-59(47)53(57(45)73-33-74-58)29-69-13-5-41(25-65)6-14-69/h5-24,37-40H,29-36H2,1-4H3/q+4. The van der Waals surface area contributed by atoms with Crippen LogP contribution in [0.3, 0.4) is 0 Å². The first-order valence-corrected chi connectivity index (χ1v) is 26.5. The van der Waals surface area contributed by atoms with Crippen LogP contribution in [-0.2, 0) is 26.2 Å². The number of benzene rings is 4. The summed E-state index contributed by atoms with van der Waals surface area (Å²) in [5.41, 5.74) is 12.6. The molecule has 13 rings (SSSR count). The first kappa shape index (κ1) is 49.4. The fourth-order valence-electron chi connectivity index (χ4n) is 12.1. The molecule has 0 saturated carbocycles. The van der Waals surface area contributed by atoms with Gasteiger partial charge in [0.25, 0.3) is 0 Å². The lowest BCUT2D eigenvalue weighted by Gasteiger charge is -2.35. The summed E-state index contributed by atoms with van der Waals surface area (Å²) in [5.74, 6) is 3.52. The molecule has 16 heteroatoms. The maximum atomic E-state index is 9.77. The largest absolute Gasteiger partial charge is 0.456 e. The van der Waals surface area contributed by atoms with Gasteiger partial charge < -0.3 is 37.9 Å². The van der Waals surface area contributed by atoms with Gasteiger partial charge in [0.05, 0.1) is 46.5 Å². The van der Waals surface area contributed by atoms with Crippen LogP contribution in [0.1, 0.15) is 140 Å². The Morgan fingerprint density at radius 1 is 0.312 bits per heavy atom. The van der Waals surface area contributed by atoms with E-state index < -0.39 is 0 Å². The first-order chi connectivity index (χ1) is 39.1. The third-order valence-corrected chi connectivity index (χ3v) is 16.3. The SMILES string of the molecule is CC1c2cc3c4c(C[n+]5ccc(C#N)cc5)c2OCOc2c1cc1c(c2C[n+]2ccc(C#N)cc2)OCOc2c(cc5c(c2C[n+]2ccc(C#N)cc2)OCOc2c(cc(c(c2C[n+]2ccc(C#N)cc2)OCO4)C3C)C5C)C1C. The summed E-state index contributed by atoms with van der Waals surface area (Å²) >= 11 is 0. The van der Waals surface area contributed by atoms with Crippen molar-refractivity contribution in [3.8, 4) is 70.3 Å². The van der Waals surface area contributed by atoms with E-state index in [1.165, 1.54) is 0 Å². The van der Waals surface area contributed by atoms with Gasteiger partial charge in [-0.3, -0.25) is 0 Å². The molecule has 1 aliphatic carbocycles. The van der Waals surface area contributed by atoms with Gasteiger partial charge in [0, 0.05) is 117 Å². The third kappa shape index (κ3) is 8.41. The molecule has 8 aromatic rings. The lowest BCUT2D eigenvalue weighted by molar-refractivity contribution is -0.688. The normalized spacial score (nSPS) is 17.5. The van der Waals surface area contributed by atoms with Crippen molar-refractivity contribution >= 4 is 0 Å². The molecule has 0 radical (unpaired) electrons. The van der Waals surface area contributed by atoms with E-state index in [-0.39, 0.29) is 50.8 Å². The highest BCUT2D eigenvalue weighted by molar-refractivity contribution is 5.69. The van der Waals surface area contributed by atoms with Crippen LogP contribution in [-0.4, -0.2) is 27.2 Å². The molecule has 0 spiro atoms. The number of hydrogen-bond donors (Lipinski definition) is 0. The smallest absolute Gasteiger partial charge is 0.230 e. The summed E-state index contributed by atoms with van der Waals surface area (Å²) in [4.78, 5) is 0. The minimum atomic E-state index is -0.352. The van der Waals surface area contributed by atoms with Crippen molar-refractivity contribution in [2.75, 3.05) is 27.2 Å². The maximum absolute atomic E-state index is 9.77. The average Bonchev–Trinajstić information content (AvgIpc) is 3.66. The number of ether oxygens (including phenoxy) is 8. The molecule has 8 bridgehead atoms. The van der Waals surface area contributed by atoms with Crippen LogP contribution in [0.25, 0.3) is 0 Å². The van der Waals surface area contributed by atoms with Crippen molar-refractivity contribution in [1.29, 1.82) is 21.0 Å². The molecule has 392 valence electrons. The van der Waals surface area contributed by atoms with Crippen molar-refractivity contribution in [3.63, 3.8) is 0 Å². The van der Waals surface area contributed by atoms with Gasteiger partial charge in [0.1, 0.15) is 68.2 Å². The second-order valence-electron chi connectivity index (χ2n) is 20.8. The molecular formula is C64H52N8O8+4. The Bertz CT molecular complexity index is 3380. The molecule has 5 aliphatic rings. The minimum absolute atomic E-state index is 0.160. The summed E-state index contributed by atoms with van der Waals surface area (Å²) < 4.78 is 63.4. The highest BCUT2D eigenvalue weighted by Gasteiger charge is 2.41. The second kappa shape index (κ2) is 20.0. The molecule has 4 aromatic carbocycles. The molecule has 16 nitrogen and oxygen atoms in total. The van der Waals surface area contributed by atoms with Gasteiger partial charge in [-0.1, -0.05) is 27.7 Å². The van der Waals surface area contributed by atoms with E-state index in [2.05, 4.69) is 76.2 Å². The Morgan fingerprint density at radius 2 is 0.475 bits per heavy atom. The summed E-state index contributed by atoms with van der Waals surface area (Å²) in [7, 11) is 0. The molecule has 4 aromatic heterocycles. The predicted octanol–water partition coefficient (Wildman–Crippen LogP) is 8.35. The van der Waals surface area contributed by atoms with E-state index in [0.717, 1.165) is 66.8 Å². The summed E-state index contributed by atoms with van der Waals surface area (Å²) in [6.07, 6.45) is 15.1. The minimum Gasteiger partial charge on any atom is -0.456 e. The highest BCUT2D eigenvalue weighted by Crippen LogP contribution is 2.56. The molecule has 80 heavy (non-hydrogen) atoms. The van der Waals surface area contributed by atoms with Gasteiger partial charge >= 0.3 is 0 Å². The number of rotatable bonds is 8. The Kier molecular flexibility index (Phi) is 12.4. The van der Waals surface area contributed by atoms with Gasteiger partial charge in [0.15, 0.2) is 75.8 Å². The summed E-state index contributed by atoms with van der Waals surface area (Å²) in [6, 6.07) is 32.2. The number of nitriles is 4. The van der Waals surface area contributed by atoms with E-state index >= 15 is 0 Å². The van der Waals surface area contributed by atoms with Crippen LogP contribution in [0.5, 0.6) is 46.0 Å². The molecule has 0 atom stereocenters. The Labute approximate surface area is 461 Å². The fraction of sp³-hybridized carbons (Fsp3) is 0.250. The topological polar surface area (TPSA) is 185 Å². The Hall–Kier alpha value is -10.2. The molecule has 0 amide bonds. The maximum Gasteiger partial charge on any atom is 0.230 e. The fourth-order valence-corrected chi connectivity index (χ4v) is 12.1. The zero-order valence-corrected chi connectivity index (χ0v) is 44.4. The molecule has 0 saturated heterocycles. The van der Waals surface area contributed by atoms with Gasteiger partial charge in [-0.2, -0.15) is 21.0 Å². The van der Waals surface area contributed by atoms with E-state index in [4.69, 9.17) is 37.9 Å². The second-order valence-corrected chi connectivity index (χ2v) is 20.8. The van der Waals surface area contributed by atoms with Crippen LogP contribution in [0, 0.1) is 45.3 Å². The lowest BCUT2D eigenvalue weighted by atomic mass is 9.78. The number of aromatic nitrogens is 4. The first-order valence-electron chi connectivity index (χ1n) is 26.5. The van der Waals surface area contributed by atoms with E-state index in [9.17, 15) is 21.0 Å². The lowest BCUT2D eigenvalue weighted by Crippen LogP contribution is -2.36. The van der Waals surface area contributed by atoms with Crippen LogP contribution >= 0.6 is 0 Å². The highest BCUT2D eigenvalue weighted by atomic mass is 16.7. The van der Waals surface area contributed by atoms with Gasteiger partial charge in [-0.05, 0) is 24.3 Å². The summed E-state index contributed by atoms with van der Waals surface area (Å²) in [5, 5.41) is 39.1. The summed E-state index contributed by atoms with van der Waals surface area (Å²) in [6.45, 7) is 9.39. The van der Waals surface area contributed by atoms with Gasteiger partial charge in [0.2, 0.25) is 27.2 Å². The van der Waals surface area contributed by atoms with Crippen LogP contribution < -0.4 is 56.2 Å². The van der Waals surface area contributed by atoms with Crippen molar-refractivity contribution in [1.82, 2.24) is 0 Å². The van der Waals surface area contributed by atoms with Crippen molar-refractivity contribution < 1.29 is 56.2 Å². The van der Waals surface area contributed by atoms with Gasteiger partial charge in [-0.25, -0.2) is 18.3 Å². The Balaban J connectivity index is 1.13. The quantitative estimate of drug-likeness (QED) is 0.133. The van der Waals surface area contributed by atoms with Crippen molar-refractivity contribution in [3.05, 3.63) is 211 Å². The molecule has 0 fully saturated rings. The molecule has 0 unspecified atom stereocenters. The van der Waals surface area contributed by atoms with Crippen LogP contribution in [0.4, 0.5) is 0 Å². The number of hydrogen-bond acceptors (Lipinski definition) is 12. The average molecular weight is 1060 g/mol. The molecule has 0 N–H and O–H groups in total. The van der Waals surface area contributed by atoms with Crippen LogP contribution in [0.15, 0.2) is 122 Å². The zero-order valence-electron chi connectivity index (χ0n) is 44.4. The van der Waals surface area contributed by atoms with Gasteiger partial charge in [-0.15, -0.1) is 0 Å². The monoisotopic (exact) mass is 1060 g/mol. The van der Waals surface area contributed by atoms with E-state index in [1.54, 1.807) is 48.5 Å². The van der Waals surface area contributed by atoms with Crippen molar-refractivity contribution in [2.24, 2.45) is 0 Å². The Morgan fingerprint density at radius 3 is 0.625 bits per heavy atom. The number of nitrogens with zero attached hydrogens (tertiary/aromatic N) is 8. The molecular weight excluding hydrogens is 1010 g/mol. The predicted molar refractivity (Wildman–Crippen MR) is 282 cm³/mol. The van der Waals surface area contributed by atoms with Crippen LogP contribution in [0.2, 0.25) is 0 Å². The third-order valence-electron chi connectivity index (χ3n) is 16.3. The molecule has 8 heterocycles. The number of pyridine rings is 4. The van der Waals surface area contributed by atoms with E-state index in [1.807, 2.05) is 67.8 Å². The van der Waals surface area contributed by atoms with Crippen molar-refractivity contribution in [2.45, 2.75) is 77.5 Å². The zero-order chi connectivity index (χ0) is 54.8.